The summed E-state index contributed by atoms with van der Waals surface area (Å²) < 4.78 is 5.90. The lowest BCUT2D eigenvalue weighted by atomic mass is 9.76. The molecule has 0 saturated carbocycles. The van der Waals surface area contributed by atoms with Gasteiger partial charge in [-0.3, -0.25) is 4.90 Å². The number of hydrogen-bond donors (Lipinski definition) is 0. The van der Waals surface area contributed by atoms with E-state index in [0.717, 1.165) is 31.8 Å². The molecule has 2 atom stereocenters. The highest BCUT2D eigenvalue weighted by Crippen LogP contribution is 2.22. The molecule has 2 aromatic carbocycles. The first kappa shape index (κ1) is 14.4. The molecule has 21 heavy (non-hydrogen) atoms. The first-order valence-corrected chi connectivity index (χ1v) is 7.51. The Kier molecular flexibility index (Phi) is 4.74. The Bertz CT molecular complexity index is 546. The van der Waals surface area contributed by atoms with Crippen LogP contribution in [0.4, 0.5) is 0 Å². The number of hydrogen-bond acceptors (Lipinski definition) is 2. The van der Waals surface area contributed by atoms with E-state index in [1.54, 1.807) is 0 Å². The molecule has 0 aromatic heterocycles. The first-order valence-electron chi connectivity index (χ1n) is 7.51. The average Bonchev–Trinajstić information content (AvgIpc) is 2.56. The van der Waals surface area contributed by atoms with E-state index in [1.165, 1.54) is 5.56 Å². The Morgan fingerprint density at radius 1 is 1.05 bits per heavy atom. The number of ether oxygens (including phenoxy) is 1. The summed E-state index contributed by atoms with van der Waals surface area (Å²) in [7, 11) is 6.37. The SMILES string of the molecule is [B][C@H](c1ccccc1)[C@@H]1CN(Cc2ccccc2)CCO1. The molecule has 1 heterocycles. The van der Waals surface area contributed by atoms with Crippen LogP contribution in [0.1, 0.15) is 16.9 Å². The maximum absolute atomic E-state index is 6.37. The third-order valence-corrected chi connectivity index (χ3v) is 4.01. The van der Waals surface area contributed by atoms with Crippen molar-refractivity contribution in [3.05, 3.63) is 71.8 Å². The third kappa shape index (κ3) is 3.75. The van der Waals surface area contributed by atoms with Crippen LogP contribution in [-0.4, -0.2) is 38.5 Å². The molecule has 0 aliphatic carbocycles. The Morgan fingerprint density at radius 3 is 2.43 bits per heavy atom. The molecular formula is C18H20BNO. The van der Waals surface area contributed by atoms with Gasteiger partial charge in [0.25, 0.3) is 0 Å². The van der Waals surface area contributed by atoms with E-state index in [1.807, 2.05) is 18.2 Å². The van der Waals surface area contributed by atoms with Gasteiger partial charge in [0.15, 0.2) is 0 Å². The quantitative estimate of drug-likeness (QED) is 0.797. The van der Waals surface area contributed by atoms with Crippen LogP contribution in [0.25, 0.3) is 0 Å². The van der Waals surface area contributed by atoms with E-state index in [4.69, 9.17) is 12.6 Å². The molecule has 0 amide bonds. The van der Waals surface area contributed by atoms with Crippen LogP contribution >= 0.6 is 0 Å². The number of rotatable bonds is 4. The summed E-state index contributed by atoms with van der Waals surface area (Å²) in [6.07, 6.45) is 0.0601. The zero-order valence-corrected chi connectivity index (χ0v) is 12.2. The summed E-state index contributed by atoms with van der Waals surface area (Å²) in [5.74, 6) is -0.0650. The van der Waals surface area contributed by atoms with Crippen molar-refractivity contribution in [2.75, 3.05) is 19.7 Å². The second-order valence-corrected chi connectivity index (χ2v) is 5.57. The van der Waals surface area contributed by atoms with Crippen molar-refractivity contribution in [1.82, 2.24) is 4.90 Å². The molecule has 2 nitrogen and oxygen atoms in total. The second kappa shape index (κ2) is 6.92. The van der Waals surface area contributed by atoms with E-state index in [2.05, 4.69) is 47.4 Å². The molecule has 0 spiro atoms. The summed E-state index contributed by atoms with van der Waals surface area (Å²) in [5.41, 5.74) is 2.48. The summed E-state index contributed by atoms with van der Waals surface area (Å²) >= 11 is 0. The molecule has 1 aliphatic rings. The summed E-state index contributed by atoms with van der Waals surface area (Å²) in [6, 6.07) is 20.8. The van der Waals surface area contributed by atoms with Gasteiger partial charge < -0.3 is 4.74 Å². The number of nitrogens with zero attached hydrogens (tertiary/aromatic N) is 1. The van der Waals surface area contributed by atoms with E-state index < -0.39 is 0 Å². The lowest BCUT2D eigenvalue weighted by Crippen LogP contribution is -2.44. The van der Waals surface area contributed by atoms with Crippen LogP contribution in [0.3, 0.4) is 0 Å². The molecule has 1 saturated heterocycles. The molecule has 1 fully saturated rings. The minimum absolute atomic E-state index is 0.0601. The van der Waals surface area contributed by atoms with Crippen LogP contribution in [-0.2, 0) is 11.3 Å². The normalized spacial score (nSPS) is 21.0. The predicted octanol–water partition coefficient (Wildman–Crippen LogP) is 2.80. The van der Waals surface area contributed by atoms with Gasteiger partial charge in [-0.25, -0.2) is 0 Å². The molecular weight excluding hydrogens is 257 g/mol. The fourth-order valence-corrected chi connectivity index (χ4v) is 2.82. The molecule has 0 unspecified atom stereocenters. The maximum Gasteiger partial charge on any atom is 0.0799 e. The summed E-state index contributed by atoms with van der Waals surface area (Å²) in [5, 5.41) is 0. The minimum Gasteiger partial charge on any atom is -0.376 e. The molecule has 3 rings (SSSR count). The zero-order chi connectivity index (χ0) is 14.5. The van der Waals surface area contributed by atoms with Gasteiger partial charge in [-0.15, -0.1) is 0 Å². The van der Waals surface area contributed by atoms with Gasteiger partial charge >= 0.3 is 0 Å². The van der Waals surface area contributed by atoms with Gasteiger partial charge in [0.1, 0.15) is 0 Å². The lowest BCUT2D eigenvalue weighted by molar-refractivity contribution is -0.0331. The molecule has 0 bridgehead atoms. The van der Waals surface area contributed by atoms with Crippen molar-refractivity contribution in [3.63, 3.8) is 0 Å². The number of morpholine rings is 1. The molecule has 1 aliphatic heterocycles. The largest absolute Gasteiger partial charge is 0.376 e. The Labute approximate surface area is 128 Å². The maximum atomic E-state index is 6.37. The fourth-order valence-electron chi connectivity index (χ4n) is 2.82. The first-order chi connectivity index (χ1) is 10.3. The standard InChI is InChI=1S/C18H20BNO/c19-18(16-9-5-2-6-10-16)17-14-20(11-12-21-17)13-15-7-3-1-4-8-15/h1-10,17-18H,11-14H2/t17-,18+/m0/s1. The van der Waals surface area contributed by atoms with Gasteiger partial charge in [-0.2, -0.15) is 0 Å². The summed E-state index contributed by atoms with van der Waals surface area (Å²) in [4.78, 5) is 2.42. The third-order valence-electron chi connectivity index (χ3n) is 4.01. The van der Waals surface area contributed by atoms with Gasteiger partial charge in [-0.1, -0.05) is 66.2 Å². The summed E-state index contributed by atoms with van der Waals surface area (Å²) in [6.45, 7) is 3.55. The van der Waals surface area contributed by atoms with Crippen LogP contribution < -0.4 is 0 Å². The molecule has 106 valence electrons. The van der Waals surface area contributed by atoms with E-state index in [9.17, 15) is 0 Å². The smallest absolute Gasteiger partial charge is 0.0799 e. The van der Waals surface area contributed by atoms with Gasteiger partial charge in [0, 0.05) is 19.6 Å². The molecule has 2 radical (unpaired) electrons. The van der Waals surface area contributed by atoms with Gasteiger partial charge in [-0.05, 0) is 11.4 Å². The Balaban J connectivity index is 1.63. The monoisotopic (exact) mass is 277 g/mol. The van der Waals surface area contributed by atoms with E-state index >= 15 is 0 Å². The highest BCUT2D eigenvalue weighted by molar-refractivity contribution is 6.12. The lowest BCUT2D eigenvalue weighted by Gasteiger charge is -2.36. The predicted molar refractivity (Wildman–Crippen MR) is 86.4 cm³/mol. The van der Waals surface area contributed by atoms with Crippen molar-refractivity contribution in [2.24, 2.45) is 0 Å². The van der Waals surface area contributed by atoms with Crippen LogP contribution in [0.15, 0.2) is 60.7 Å². The Hall–Kier alpha value is -1.58. The topological polar surface area (TPSA) is 12.5 Å². The number of benzene rings is 2. The van der Waals surface area contributed by atoms with Crippen molar-refractivity contribution in [3.8, 4) is 0 Å². The Morgan fingerprint density at radius 2 is 1.71 bits per heavy atom. The minimum atomic E-state index is -0.0650. The molecule has 3 heteroatoms. The van der Waals surface area contributed by atoms with E-state index in [0.29, 0.717) is 0 Å². The van der Waals surface area contributed by atoms with Gasteiger partial charge in [0.2, 0.25) is 0 Å². The highest BCUT2D eigenvalue weighted by Gasteiger charge is 2.25. The molecule has 2 aromatic rings. The average molecular weight is 277 g/mol. The molecule has 0 N–H and O–H groups in total. The van der Waals surface area contributed by atoms with Gasteiger partial charge in [0.05, 0.1) is 20.6 Å². The van der Waals surface area contributed by atoms with Crippen LogP contribution in [0.5, 0.6) is 0 Å². The van der Waals surface area contributed by atoms with Crippen LogP contribution in [0.2, 0.25) is 0 Å². The van der Waals surface area contributed by atoms with Crippen molar-refractivity contribution in [1.29, 1.82) is 0 Å². The van der Waals surface area contributed by atoms with E-state index in [-0.39, 0.29) is 11.9 Å². The highest BCUT2D eigenvalue weighted by atomic mass is 16.5. The zero-order valence-electron chi connectivity index (χ0n) is 12.2. The fraction of sp³-hybridized carbons (Fsp3) is 0.333. The van der Waals surface area contributed by atoms with Crippen molar-refractivity contribution in [2.45, 2.75) is 18.5 Å². The van der Waals surface area contributed by atoms with Crippen LogP contribution in [0, 0.1) is 0 Å². The van der Waals surface area contributed by atoms with Crippen molar-refractivity contribution >= 4 is 7.85 Å². The second-order valence-electron chi connectivity index (χ2n) is 5.57. The van der Waals surface area contributed by atoms with Crippen molar-refractivity contribution < 1.29 is 4.74 Å².